The van der Waals surface area contributed by atoms with Crippen LogP contribution in [0.4, 0.5) is 0 Å². The summed E-state index contributed by atoms with van der Waals surface area (Å²) in [4.78, 5) is 0. The lowest BCUT2D eigenvalue weighted by Crippen LogP contribution is -2.01. The average molecular weight is 170 g/mol. The highest BCUT2D eigenvalue weighted by Crippen LogP contribution is 2.21. The van der Waals surface area contributed by atoms with Gasteiger partial charge in [0.15, 0.2) is 0 Å². The number of rotatable bonds is 1. The van der Waals surface area contributed by atoms with E-state index in [0.717, 1.165) is 16.1 Å². The third kappa shape index (κ3) is 1.55. The largest absolute Gasteiger partial charge is 0.326 e. The van der Waals surface area contributed by atoms with Gasteiger partial charge in [-0.3, -0.25) is 0 Å². The first-order valence-corrected chi connectivity index (χ1v) is 3.99. The molecule has 1 rings (SSSR count). The normalized spacial score (nSPS) is 10.2. The van der Waals surface area contributed by atoms with E-state index in [1.54, 1.807) is 0 Å². The average Bonchev–Trinajstić information content (AvgIpc) is 1.99. The molecule has 0 fully saturated rings. The lowest BCUT2D eigenvalue weighted by molar-refractivity contribution is 1.03. The number of nitrogens with two attached hydrogens (primary N) is 1. The van der Waals surface area contributed by atoms with Crippen molar-refractivity contribution < 1.29 is 0 Å². The van der Waals surface area contributed by atoms with Crippen molar-refractivity contribution in [2.24, 2.45) is 5.73 Å². The Bertz CT molecular complexity index is 269. The van der Waals surface area contributed by atoms with Gasteiger partial charge >= 0.3 is 0 Å². The van der Waals surface area contributed by atoms with Crippen molar-refractivity contribution in [2.75, 3.05) is 0 Å². The Balaban J connectivity index is 3.29. The molecule has 0 aliphatic carbocycles. The van der Waals surface area contributed by atoms with E-state index in [9.17, 15) is 0 Å². The number of hydrogen-bond acceptors (Lipinski definition) is 1. The molecule has 0 bridgehead atoms. The zero-order chi connectivity index (χ0) is 8.43. The molecule has 0 aliphatic rings. The molecule has 0 radical (unpaired) electrons. The molecule has 0 saturated heterocycles. The summed E-state index contributed by atoms with van der Waals surface area (Å²) in [7, 11) is 0. The smallest absolute Gasteiger partial charge is 0.0438 e. The van der Waals surface area contributed by atoms with Gasteiger partial charge in [-0.1, -0.05) is 17.7 Å². The summed E-state index contributed by atoms with van der Waals surface area (Å²) in [6.07, 6.45) is 0. The van der Waals surface area contributed by atoms with Crippen LogP contribution in [0.25, 0.3) is 0 Å². The third-order valence-corrected chi connectivity index (χ3v) is 2.38. The highest BCUT2D eigenvalue weighted by atomic mass is 35.5. The van der Waals surface area contributed by atoms with Crippen molar-refractivity contribution in [1.29, 1.82) is 0 Å². The summed E-state index contributed by atoms with van der Waals surface area (Å²) >= 11 is 5.91. The zero-order valence-electron chi connectivity index (χ0n) is 6.82. The maximum Gasteiger partial charge on any atom is 0.0438 e. The van der Waals surface area contributed by atoms with Crippen LogP contribution in [0, 0.1) is 13.8 Å². The molecule has 0 aliphatic heterocycles. The summed E-state index contributed by atoms with van der Waals surface area (Å²) in [5.74, 6) is 0. The molecular weight excluding hydrogens is 158 g/mol. The lowest BCUT2D eigenvalue weighted by atomic mass is 10.0. The fraction of sp³-hybridized carbons (Fsp3) is 0.333. The SMILES string of the molecule is Cc1ccc(Cl)c(C)c1CN. The van der Waals surface area contributed by atoms with Crippen LogP contribution in [0.15, 0.2) is 12.1 Å². The molecule has 2 N–H and O–H groups in total. The Labute approximate surface area is 72.2 Å². The summed E-state index contributed by atoms with van der Waals surface area (Å²) < 4.78 is 0. The van der Waals surface area contributed by atoms with Crippen LogP contribution in [0.3, 0.4) is 0 Å². The number of aryl methyl sites for hydroxylation is 1. The predicted molar refractivity (Wildman–Crippen MR) is 48.8 cm³/mol. The van der Waals surface area contributed by atoms with E-state index < -0.39 is 0 Å². The second-order valence-corrected chi connectivity index (χ2v) is 3.08. The number of halogens is 1. The highest BCUT2D eigenvalue weighted by Gasteiger charge is 2.02. The van der Waals surface area contributed by atoms with Gasteiger partial charge in [0, 0.05) is 11.6 Å². The first-order chi connectivity index (χ1) is 5.16. The maximum absolute atomic E-state index is 5.91. The van der Waals surface area contributed by atoms with Gasteiger partial charge in [0.1, 0.15) is 0 Å². The quantitative estimate of drug-likeness (QED) is 0.687. The minimum Gasteiger partial charge on any atom is -0.326 e. The second kappa shape index (κ2) is 3.24. The Kier molecular flexibility index (Phi) is 2.53. The first-order valence-electron chi connectivity index (χ1n) is 3.61. The molecule has 0 unspecified atom stereocenters. The van der Waals surface area contributed by atoms with Gasteiger partial charge in [-0.2, -0.15) is 0 Å². The summed E-state index contributed by atoms with van der Waals surface area (Å²) in [6.45, 7) is 4.61. The standard InChI is InChI=1S/C9H12ClN/c1-6-3-4-9(10)7(2)8(6)5-11/h3-4H,5,11H2,1-2H3. The lowest BCUT2D eigenvalue weighted by Gasteiger charge is -2.07. The summed E-state index contributed by atoms with van der Waals surface area (Å²) in [5.41, 5.74) is 9.05. The van der Waals surface area contributed by atoms with Crippen molar-refractivity contribution in [1.82, 2.24) is 0 Å². The van der Waals surface area contributed by atoms with E-state index in [-0.39, 0.29) is 0 Å². The fourth-order valence-corrected chi connectivity index (χ4v) is 1.35. The van der Waals surface area contributed by atoms with Crippen molar-refractivity contribution in [2.45, 2.75) is 20.4 Å². The minimum atomic E-state index is 0.568. The van der Waals surface area contributed by atoms with Crippen LogP contribution in [-0.2, 0) is 6.54 Å². The minimum absolute atomic E-state index is 0.568. The molecule has 0 aromatic heterocycles. The monoisotopic (exact) mass is 169 g/mol. The maximum atomic E-state index is 5.91. The molecular formula is C9H12ClN. The van der Waals surface area contributed by atoms with Gasteiger partial charge in [-0.15, -0.1) is 0 Å². The molecule has 11 heavy (non-hydrogen) atoms. The molecule has 0 heterocycles. The van der Waals surface area contributed by atoms with Crippen LogP contribution >= 0.6 is 11.6 Å². The van der Waals surface area contributed by atoms with Crippen molar-refractivity contribution in [3.8, 4) is 0 Å². The van der Waals surface area contributed by atoms with Crippen LogP contribution in [-0.4, -0.2) is 0 Å². The van der Waals surface area contributed by atoms with Crippen LogP contribution in [0.5, 0.6) is 0 Å². The van der Waals surface area contributed by atoms with E-state index >= 15 is 0 Å². The Hall–Kier alpha value is -0.530. The van der Waals surface area contributed by atoms with E-state index in [0.29, 0.717) is 6.54 Å². The van der Waals surface area contributed by atoms with Gasteiger partial charge in [-0.25, -0.2) is 0 Å². The third-order valence-electron chi connectivity index (χ3n) is 1.97. The molecule has 1 aromatic carbocycles. The van der Waals surface area contributed by atoms with E-state index in [1.807, 2.05) is 26.0 Å². The van der Waals surface area contributed by atoms with Crippen LogP contribution in [0.2, 0.25) is 5.02 Å². The molecule has 0 spiro atoms. The molecule has 1 nitrogen and oxygen atoms in total. The molecule has 0 amide bonds. The van der Waals surface area contributed by atoms with Gasteiger partial charge in [-0.05, 0) is 36.6 Å². The van der Waals surface area contributed by atoms with E-state index in [1.165, 1.54) is 5.56 Å². The topological polar surface area (TPSA) is 26.0 Å². The Morgan fingerprint density at radius 2 is 2.00 bits per heavy atom. The zero-order valence-corrected chi connectivity index (χ0v) is 7.57. The van der Waals surface area contributed by atoms with Gasteiger partial charge in [0.2, 0.25) is 0 Å². The van der Waals surface area contributed by atoms with Crippen molar-refractivity contribution in [3.63, 3.8) is 0 Å². The fourth-order valence-electron chi connectivity index (χ4n) is 1.18. The highest BCUT2D eigenvalue weighted by molar-refractivity contribution is 6.31. The Morgan fingerprint density at radius 1 is 1.36 bits per heavy atom. The molecule has 0 atom stereocenters. The van der Waals surface area contributed by atoms with E-state index in [2.05, 4.69) is 0 Å². The summed E-state index contributed by atoms with van der Waals surface area (Å²) in [5, 5.41) is 0.802. The molecule has 60 valence electrons. The van der Waals surface area contributed by atoms with Crippen LogP contribution < -0.4 is 5.73 Å². The van der Waals surface area contributed by atoms with Crippen LogP contribution in [0.1, 0.15) is 16.7 Å². The van der Waals surface area contributed by atoms with Crippen molar-refractivity contribution in [3.05, 3.63) is 33.8 Å². The molecule has 1 aromatic rings. The number of benzene rings is 1. The van der Waals surface area contributed by atoms with Gasteiger partial charge in [0.05, 0.1) is 0 Å². The molecule has 0 saturated carbocycles. The first kappa shape index (κ1) is 8.57. The van der Waals surface area contributed by atoms with E-state index in [4.69, 9.17) is 17.3 Å². The summed E-state index contributed by atoms with van der Waals surface area (Å²) in [6, 6.07) is 3.91. The Morgan fingerprint density at radius 3 is 2.45 bits per heavy atom. The predicted octanol–water partition coefficient (Wildman–Crippen LogP) is 2.42. The van der Waals surface area contributed by atoms with Gasteiger partial charge < -0.3 is 5.73 Å². The van der Waals surface area contributed by atoms with Gasteiger partial charge in [0.25, 0.3) is 0 Å². The number of hydrogen-bond donors (Lipinski definition) is 1. The second-order valence-electron chi connectivity index (χ2n) is 2.67. The molecule has 2 heteroatoms. The van der Waals surface area contributed by atoms with Crippen molar-refractivity contribution >= 4 is 11.6 Å².